The number of aromatic nitrogens is 1. The van der Waals surface area contributed by atoms with Gasteiger partial charge in [-0.05, 0) is 43.2 Å². The van der Waals surface area contributed by atoms with Gasteiger partial charge in [0.2, 0.25) is 5.88 Å². The third kappa shape index (κ3) is 4.79. The SMILES string of the molecule is COC(=O)c1c(C)cc(C)nc1SCC1=C(C#N)[C@H](c2ccc(OC)cc2)C(C#N)=C(N)O1. The fourth-order valence-electron chi connectivity index (χ4n) is 3.56. The lowest BCUT2D eigenvalue weighted by molar-refractivity contribution is 0.0595. The number of nitrogens with zero attached hydrogens (tertiary/aromatic N) is 3. The van der Waals surface area contributed by atoms with E-state index in [0.717, 1.165) is 11.3 Å². The molecular weight excluding hydrogens is 440 g/mol. The van der Waals surface area contributed by atoms with E-state index in [0.29, 0.717) is 27.7 Å². The molecule has 2 aromatic rings. The Labute approximate surface area is 196 Å². The van der Waals surface area contributed by atoms with Crippen LogP contribution in [0, 0.1) is 36.5 Å². The lowest BCUT2D eigenvalue weighted by atomic mass is 9.84. The van der Waals surface area contributed by atoms with Gasteiger partial charge in [0, 0.05) is 5.69 Å². The summed E-state index contributed by atoms with van der Waals surface area (Å²) in [7, 11) is 2.87. The van der Waals surface area contributed by atoms with Gasteiger partial charge >= 0.3 is 5.97 Å². The van der Waals surface area contributed by atoms with Crippen LogP contribution in [0.5, 0.6) is 5.75 Å². The van der Waals surface area contributed by atoms with Crippen LogP contribution in [-0.4, -0.2) is 30.9 Å². The molecule has 3 rings (SSSR count). The molecule has 1 aromatic carbocycles. The molecule has 0 amide bonds. The van der Waals surface area contributed by atoms with E-state index >= 15 is 0 Å². The van der Waals surface area contributed by atoms with E-state index in [2.05, 4.69) is 17.1 Å². The van der Waals surface area contributed by atoms with Crippen molar-refractivity contribution in [1.29, 1.82) is 10.5 Å². The van der Waals surface area contributed by atoms with Crippen LogP contribution in [0.2, 0.25) is 0 Å². The molecule has 0 saturated heterocycles. The molecule has 1 aromatic heterocycles. The molecular formula is C24H22N4O4S. The number of aryl methyl sites for hydroxylation is 2. The maximum Gasteiger partial charge on any atom is 0.340 e. The molecule has 2 N–H and O–H groups in total. The number of thioether (sulfide) groups is 1. The summed E-state index contributed by atoms with van der Waals surface area (Å²) >= 11 is 1.23. The molecule has 33 heavy (non-hydrogen) atoms. The standard InChI is InChI=1S/C24H22N4O4S/c1-13-9-14(2)28-23(20(13)24(29)31-4)33-12-19-17(10-25)21(18(11-26)22(27)32-19)15-5-7-16(30-3)8-6-15/h5-9,21H,12,27H2,1-4H3/t21-/m0/s1. The van der Waals surface area contributed by atoms with Crippen molar-refractivity contribution in [2.24, 2.45) is 5.73 Å². The van der Waals surface area contributed by atoms with Crippen LogP contribution in [-0.2, 0) is 9.47 Å². The third-order valence-corrected chi connectivity index (χ3v) is 6.08. The van der Waals surface area contributed by atoms with Gasteiger partial charge < -0.3 is 19.9 Å². The number of methoxy groups -OCH3 is 2. The van der Waals surface area contributed by atoms with E-state index in [-0.39, 0.29) is 22.8 Å². The van der Waals surface area contributed by atoms with Crippen molar-refractivity contribution >= 4 is 17.7 Å². The number of hydrogen-bond donors (Lipinski definition) is 1. The smallest absolute Gasteiger partial charge is 0.340 e. The molecule has 0 spiro atoms. The van der Waals surface area contributed by atoms with Gasteiger partial charge in [-0.2, -0.15) is 10.5 Å². The Balaban J connectivity index is 2.02. The zero-order valence-corrected chi connectivity index (χ0v) is 19.4. The number of ether oxygens (including phenoxy) is 3. The average molecular weight is 463 g/mol. The number of hydrogen-bond acceptors (Lipinski definition) is 9. The van der Waals surface area contributed by atoms with Crippen molar-refractivity contribution < 1.29 is 19.0 Å². The van der Waals surface area contributed by atoms with Crippen molar-refractivity contribution in [3.05, 3.63) is 75.5 Å². The highest BCUT2D eigenvalue weighted by Crippen LogP contribution is 2.40. The third-order valence-electron chi connectivity index (χ3n) is 5.11. The number of nitriles is 2. The van der Waals surface area contributed by atoms with Gasteiger partial charge in [0.05, 0.1) is 43.1 Å². The second kappa shape index (κ2) is 10.1. The minimum absolute atomic E-state index is 0.0607. The van der Waals surface area contributed by atoms with E-state index in [4.69, 9.17) is 19.9 Å². The Morgan fingerprint density at radius 1 is 1.18 bits per heavy atom. The van der Waals surface area contributed by atoms with E-state index in [1.807, 2.05) is 13.8 Å². The Kier molecular flexibility index (Phi) is 7.27. The molecule has 2 heterocycles. The van der Waals surface area contributed by atoms with E-state index in [9.17, 15) is 15.3 Å². The quantitative estimate of drug-likeness (QED) is 0.502. The van der Waals surface area contributed by atoms with E-state index < -0.39 is 11.9 Å². The highest BCUT2D eigenvalue weighted by Gasteiger charge is 2.33. The molecule has 9 heteroatoms. The number of pyridine rings is 1. The van der Waals surface area contributed by atoms with Crippen molar-refractivity contribution in [2.45, 2.75) is 24.8 Å². The average Bonchev–Trinajstić information content (AvgIpc) is 2.81. The zero-order chi connectivity index (χ0) is 24.1. The van der Waals surface area contributed by atoms with Crippen LogP contribution in [0.3, 0.4) is 0 Å². The summed E-state index contributed by atoms with van der Waals surface area (Å²) < 4.78 is 15.8. The maximum absolute atomic E-state index is 12.3. The molecule has 0 radical (unpaired) electrons. The molecule has 0 fully saturated rings. The van der Waals surface area contributed by atoms with Crippen molar-refractivity contribution in [3.8, 4) is 17.9 Å². The molecule has 1 atom stereocenters. The summed E-state index contributed by atoms with van der Waals surface area (Å²) in [4.78, 5) is 16.8. The highest BCUT2D eigenvalue weighted by molar-refractivity contribution is 7.99. The number of allylic oxidation sites excluding steroid dienone is 2. The number of carbonyl (C=O) groups is 1. The summed E-state index contributed by atoms with van der Waals surface area (Å²) in [5.41, 5.74) is 9.03. The number of carbonyl (C=O) groups excluding carboxylic acids is 1. The molecule has 0 unspecified atom stereocenters. The molecule has 1 aliphatic rings. The summed E-state index contributed by atoms with van der Waals surface area (Å²) in [5, 5.41) is 20.1. The molecule has 8 nitrogen and oxygen atoms in total. The first-order chi connectivity index (χ1) is 15.8. The Morgan fingerprint density at radius 3 is 2.42 bits per heavy atom. The highest BCUT2D eigenvalue weighted by atomic mass is 32.2. The first-order valence-electron chi connectivity index (χ1n) is 9.88. The van der Waals surface area contributed by atoms with E-state index in [1.54, 1.807) is 37.4 Å². The van der Waals surface area contributed by atoms with Gasteiger partial charge in [0.15, 0.2) is 0 Å². The summed E-state index contributed by atoms with van der Waals surface area (Å²) in [6.07, 6.45) is 0. The fourth-order valence-corrected chi connectivity index (χ4v) is 4.64. The van der Waals surface area contributed by atoms with Gasteiger partial charge in [0.25, 0.3) is 0 Å². The van der Waals surface area contributed by atoms with Crippen LogP contribution in [0.1, 0.15) is 33.1 Å². The van der Waals surface area contributed by atoms with Gasteiger partial charge in [-0.25, -0.2) is 9.78 Å². The predicted octanol–water partition coefficient (Wildman–Crippen LogP) is 3.87. The van der Waals surface area contributed by atoms with Crippen LogP contribution in [0.15, 0.2) is 58.1 Å². The van der Waals surface area contributed by atoms with Crippen LogP contribution in [0.25, 0.3) is 0 Å². The Bertz CT molecular complexity index is 1240. The van der Waals surface area contributed by atoms with Crippen LogP contribution >= 0.6 is 11.8 Å². The topological polar surface area (TPSA) is 131 Å². The van der Waals surface area contributed by atoms with Gasteiger partial charge in [-0.1, -0.05) is 23.9 Å². The Hall–Kier alpha value is -3.95. The Morgan fingerprint density at radius 2 is 1.85 bits per heavy atom. The molecule has 0 saturated carbocycles. The van der Waals surface area contributed by atoms with Crippen LogP contribution < -0.4 is 10.5 Å². The van der Waals surface area contributed by atoms with Crippen molar-refractivity contribution in [3.63, 3.8) is 0 Å². The predicted molar refractivity (Wildman–Crippen MR) is 122 cm³/mol. The summed E-state index contributed by atoms with van der Waals surface area (Å²) in [5.74, 6) is -0.109. The number of esters is 1. The second-order valence-electron chi connectivity index (χ2n) is 7.19. The number of benzene rings is 1. The second-order valence-corrected chi connectivity index (χ2v) is 8.15. The monoisotopic (exact) mass is 462 g/mol. The zero-order valence-electron chi connectivity index (χ0n) is 18.6. The van der Waals surface area contributed by atoms with Crippen molar-refractivity contribution in [2.75, 3.05) is 20.0 Å². The van der Waals surface area contributed by atoms with Crippen molar-refractivity contribution in [1.82, 2.24) is 4.98 Å². The minimum Gasteiger partial charge on any atom is -0.497 e. The maximum atomic E-state index is 12.3. The summed E-state index contributed by atoms with van der Waals surface area (Å²) in [6, 6.07) is 13.1. The minimum atomic E-state index is -0.678. The molecule has 168 valence electrons. The fraction of sp³-hybridized carbons (Fsp3) is 0.250. The normalized spacial score (nSPS) is 15.4. The van der Waals surface area contributed by atoms with E-state index in [1.165, 1.54) is 18.9 Å². The first kappa shape index (κ1) is 23.7. The number of nitrogens with two attached hydrogens (primary N) is 1. The lowest BCUT2D eigenvalue weighted by Crippen LogP contribution is -2.21. The molecule has 0 bridgehead atoms. The molecule has 1 aliphatic heterocycles. The molecule has 0 aliphatic carbocycles. The summed E-state index contributed by atoms with van der Waals surface area (Å²) in [6.45, 7) is 3.64. The lowest BCUT2D eigenvalue weighted by Gasteiger charge is -2.26. The van der Waals surface area contributed by atoms with Crippen LogP contribution in [0.4, 0.5) is 0 Å². The first-order valence-corrected chi connectivity index (χ1v) is 10.9. The number of rotatable bonds is 6. The van der Waals surface area contributed by atoms with Gasteiger partial charge in [-0.3, -0.25) is 0 Å². The van der Waals surface area contributed by atoms with Gasteiger partial charge in [-0.15, -0.1) is 0 Å². The largest absolute Gasteiger partial charge is 0.497 e. The van der Waals surface area contributed by atoms with Gasteiger partial charge in [0.1, 0.15) is 28.2 Å².